The molecular weight excluding hydrogens is 468 g/mol. The number of halogens is 2. The molecule has 1 aliphatic rings. The minimum atomic E-state index is -3.76. The van der Waals surface area contributed by atoms with Crippen LogP contribution in [0.5, 0.6) is 0 Å². The van der Waals surface area contributed by atoms with Crippen LogP contribution in [0.15, 0.2) is 57.9 Å². The van der Waals surface area contributed by atoms with Crippen molar-refractivity contribution < 1.29 is 17.9 Å². The Kier molecular flexibility index (Phi) is 6.90. The smallest absolute Gasteiger partial charge is 0.248 e. The molecule has 1 saturated heterocycles. The summed E-state index contributed by atoms with van der Waals surface area (Å²) < 4.78 is 33.1. The quantitative estimate of drug-likeness (QED) is 0.654. The number of nitrogens with one attached hydrogen (secondary N) is 1. The van der Waals surface area contributed by atoms with Gasteiger partial charge < -0.3 is 10.1 Å². The van der Waals surface area contributed by atoms with Crippen molar-refractivity contribution in [3.05, 3.63) is 63.6 Å². The molecule has 2 aromatic rings. The van der Waals surface area contributed by atoms with Gasteiger partial charge in [0.25, 0.3) is 0 Å². The van der Waals surface area contributed by atoms with Crippen LogP contribution in [-0.4, -0.2) is 44.9 Å². The molecule has 148 valence electrons. The van der Waals surface area contributed by atoms with Crippen molar-refractivity contribution in [1.29, 1.82) is 0 Å². The van der Waals surface area contributed by atoms with E-state index in [9.17, 15) is 13.2 Å². The highest BCUT2D eigenvalue weighted by atomic mass is 79.9. The normalized spacial score (nSPS) is 15.6. The molecule has 0 bridgehead atoms. The van der Waals surface area contributed by atoms with Gasteiger partial charge in [0.15, 0.2) is 0 Å². The number of rotatable bonds is 5. The van der Waals surface area contributed by atoms with Crippen molar-refractivity contribution in [2.75, 3.05) is 31.6 Å². The maximum Gasteiger partial charge on any atom is 0.248 e. The molecule has 28 heavy (non-hydrogen) atoms. The summed E-state index contributed by atoms with van der Waals surface area (Å²) in [5, 5.41) is 2.77. The first-order valence-corrected chi connectivity index (χ1v) is 11.1. The number of ether oxygens (including phenoxy) is 1. The molecule has 1 fully saturated rings. The summed E-state index contributed by atoms with van der Waals surface area (Å²) in [6, 6.07) is 11.9. The van der Waals surface area contributed by atoms with Crippen molar-refractivity contribution in [2.45, 2.75) is 4.90 Å². The highest BCUT2D eigenvalue weighted by Gasteiger charge is 2.28. The van der Waals surface area contributed by atoms with E-state index in [4.69, 9.17) is 16.3 Å². The van der Waals surface area contributed by atoms with Gasteiger partial charge in [0.2, 0.25) is 15.9 Å². The van der Waals surface area contributed by atoms with E-state index < -0.39 is 10.0 Å². The third-order valence-electron chi connectivity index (χ3n) is 4.06. The molecule has 0 aliphatic carbocycles. The molecule has 0 atom stereocenters. The second-order valence-electron chi connectivity index (χ2n) is 6.04. The van der Waals surface area contributed by atoms with Gasteiger partial charge in [-0.1, -0.05) is 39.7 Å². The van der Waals surface area contributed by atoms with E-state index in [0.29, 0.717) is 18.9 Å². The molecule has 0 aromatic heterocycles. The predicted molar refractivity (Wildman–Crippen MR) is 113 cm³/mol. The van der Waals surface area contributed by atoms with Gasteiger partial charge in [-0.15, -0.1) is 0 Å². The lowest BCUT2D eigenvalue weighted by Crippen LogP contribution is -2.40. The molecule has 0 spiro atoms. The summed E-state index contributed by atoms with van der Waals surface area (Å²) in [6.45, 7) is 1.22. The SMILES string of the molecule is O=C(/C=C/c1cccc(Br)c1)Nc1ccc(Cl)c(S(=O)(=O)N2CCOCC2)c1. The fourth-order valence-corrected chi connectivity index (χ4v) is 5.00. The van der Waals surface area contributed by atoms with Crippen LogP contribution in [0.3, 0.4) is 0 Å². The molecule has 6 nitrogen and oxygen atoms in total. The summed E-state index contributed by atoms with van der Waals surface area (Å²) in [4.78, 5) is 12.2. The number of carbonyl (C=O) groups excluding carboxylic acids is 1. The molecule has 1 N–H and O–H groups in total. The Hall–Kier alpha value is -1.71. The summed E-state index contributed by atoms with van der Waals surface area (Å²) in [7, 11) is -3.76. The van der Waals surface area contributed by atoms with E-state index >= 15 is 0 Å². The molecule has 2 aromatic carbocycles. The number of nitrogens with zero attached hydrogens (tertiary/aromatic N) is 1. The van der Waals surface area contributed by atoms with Crippen LogP contribution < -0.4 is 5.32 Å². The monoisotopic (exact) mass is 484 g/mol. The lowest BCUT2D eigenvalue weighted by Gasteiger charge is -2.26. The third kappa shape index (κ3) is 5.21. The van der Waals surface area contributed by atoms with Gasteiger partial charge in [0.05, 0.1) is 18.2 Å². The lowest BCUT2D eigenvalue weighted by atomic mass is 10.2. The molecule has 9 heteroatoms. The second kappa shape index (κ2) is 9.19. The number of amides is 1. The fraction of sp³-hybridized carbons (Fsp3) is 0.211. The molecule has 0 radical (unpaired) electrons. The van der Waals surface area contributed by atoms with E-state index in [0.717, 1.165) is 10.0 Å². The van der Waals surface area contributed by atoms with E-state index in [1.165, 1.54) is 22.5 Å². The average molecular weight is 486 g/mol. The van der Waals surface area contributed by atoms with E-state index in [2.05, 4.69) is 21.2 Å². The Bertz CT molecular complexity index is 1000. The van der Waals surface area contributed by atoms with Crippen LogP contribution >= 0.6 is 27.5 Å². The van der Waals surface area contributed by atoms with E-state index in [1.54, 1.807) is 12.1 Å². The van der Waals surface area contributed by atoms with Crippen LogP contribution in [0.4, 0.5) is 5.69 Å². The minimum absolute atomic E-state index is 0.0372. The van der Waals surface area contributed by atoms with Gasteiger partial charge in [-0.3, -0.25) is 4.79 Å². The van der Waals surface area contributed by atoms with Crippen LogP contribution in [0.2, 0.25) is 5.02 Å². The topological polar surface area (TPSA) is 75.7 Å². The number of hydrogen-bond acceptors (Lipinski definition) is 4. The Morgan fingerprint density at radius 1 is 1.18 bits per heavy atom. The molecule has 0 saturated carbocycles. The number of sulfonamides is 1. The maximum atomic E-state index is 12.8. The second-order valence-corrected chi connectivity index (χ2v) is 9.27. The largest absolute Gasteiger partial charge is 0.379 e. The van der Waals surface area contributed by atoms with Gasteiger partial charge >= 0.3 is 0 Å². The highest BCUT2D eigenvalue weighted by molar-refractivity contribution is 9.10. The summed E-state index contributed by atoms with van der Waals surface area (Å²) in [5.41, 5.74) is 1.20. The Labute approximate surface area is 177 Å². The maximum absolute atomic E-state index is 12.8. The Morgan fingerprint density at radius 2 is 1.93 bits per heavy atom. The van der Waals surface area contributed by atoms with Crippen molar-refractivity contribution in [1.82, 2.24) is 4.31 Å². The Balaban J connectivity index is 1.76. The molecule has 3 rings (SSSR count). The number of anilines is 1. The van der Waals surface area contributed by atoms with E-state index in [1.807, 2.05) is 24.3 Å². The van der Waals surface area contributed by atoms with Crippen LogP contribution in [0.25, 0.3) is 6.08 Å². The van der Waals surface area contributed by atoms with Gasteiger partial charge in [-0.05, 0) is 42.0 Å². The van der Waals surface area contributed by atoms with E-state index in [-0.39, 0.29) is 28.9 Å². The molecule has 1 amide bonds. The van der Waals surface area contributed by atoms with Crippen molar-refractivity contribution in [3.63, 3.8) is 0 Å². The number of hydrogen-bond donors (Lipinski definition) is 1. The zero-order valence-electron chi connectivity index (χ0n) is 14.8. The first kappa shape index (κ1) is 21.0. The molecule has 0 unspecified atom stereocenters. The van der Waals surface area contributed by atoms with Gasteiger partial charge in [0.1, 0.15) is 4.90 Å². The zero-order valence-corrected chi connectivity index (χ0v) is 17.9. The minimum Gasteiger partial charge on any atom is -0.379 e. The summed E-state index contributed by atoms with van der Waals surface area (Å²) in [5.74, 6) is -0.378. The molecular formula is C19H18BrClN2O4S. The van der Waals surface area contributed by atoms with Crippen molar-refractivity contribution in [2.24, 2.45) is 0 Å². The summed E-state index contributed by atoms with van der Waals surface area (Å²) in [6.07, 6.45) is 3.05. The average Bonchev–Trinajstić information content (AvgIpc) is 2.68. The van der Waals surface area contributed by atoms with Crippen LogP contribution in [-0.2, 0) is 19.6 Å². The van der Waals surface area contributed by atoms with Gasteiger partial charge in [0, 0.05) is 29.3 Å². The molecule has 1 heterocycles. The van der Waals surface area contributed by atoms with Crippen molar-refractivity contribution >= 4 is 55.2 Å². The Morgan fingerprint density at radius 3 is 2.64 bits per heavy atom. The summed E-state index contributed by atoms with van der Waals surface area (Å²) >= 11 is 9.50. The zero-order chi connectivity index (χ0) is 20.1. The first-order chi connectivity index (χ1) is 13.4. The van der Waals surface area contributed by atoms with Gasteiger partial charge in [-0.25, -0.2) is 8.42 Å². The number of benzene rings is 2. The first-order valence-electron chi connectivity index (χ1n) is 8.48. The predicted octanol–water partition coefficient (Wildman–Crippen LogP) is 3.78. The van der Waals surface area contributed by atoms with Crippen molar-refractivity contribution in [3.8, 4) is 0 Å². The standard InChI is InChI=1S/C19H18BrClN2O4S/c20-15-3-1-2-14(12-15)4-7-19(24)22-16-5-6-17(21)18(13-16)28(25,26)23-8-10-27-11-9-23/h1-7,12-13H,8-11H2,(H,22,24)/b7-4+. The lowest BCUT2D eigenvalue weighted by molar-refractivity contribution is -0.111. The number of morpholine rings is 1. The number of carbonyl (C=O) groups is 1. The van der Waals surface area contributed by atoms with Gasteiger partial charge in [-0.2, -0.15) is 4.31 Å². The third-order valence-corrected chi connectivity index (χ3v) is 6.94. The molecule has 1 aliphatic heterocycles. The van der Waals surface area contributed by atoms with Crippen LogP contribution in [0, 0.1) is 0 Å². The van der Waals surface area contributed by atoms with Crippen LogP contribution in [0.1, 0.15) is 5.56 Å². The highest BCUT2D eigenvalue weighted by Crippen LogP contribution is 2.28. The fourth-order valence-electron chi connectivity index (χ4n) is 2.67.